The van der Waals surface area contributed by atoms with Crippen LogP contribution in [0.5, 0.6) is 0 Å². The average Bonchev–Trinajstić information content (AvgIpc) is 2.91. The van der Waals surface area contributed by atoms with Crippen LogP contribution in [0.4, 0.5) is 0 Å². The maximum atomic E-state index is 12.3. The fraction of sp³-hybridized carbons (Fsp3) is 0.688. The number of nitrogens with one attached hydrogen (secondary N) is 1. The number of hydrogen-bond acceptors (Lipinski definition) is 3. The molecule has 0 bridgehead atoms. The lowest BCUT2D eigenvalue weighted by atomic mass is 9.95. The van der Waals surface area contributed by atoms with Crippen LogP contribution in [0, 0.1) is 5.92 Å². The predicted octanol–water partition coefficient (Wildman–Crippen LogP) is 0.538. The summed E-state index contributed by atoms with van der Waals surface area (Å²) in [5.74, 6) is 0.0903. The Morgan fingerprint density at radius 3 is 2.59 bits per heavy atom. The van der Waals surface area contributed by atoms with Crippen LogP contribution in [0.15, 0.2) is 12.7 Å². The molecule has 22 heavy (non-hydrogen) atoms. The summed E-state index contributed by atoms with van der Waals surface area (Å²) >= 11 is 0. The lowest BCUT2D eigenvalue weighted by molar-refractivity contribution is -0.133. The number of amides is 3. The maximum Gasteiger partial charge on any atom is 0.245 e. The van der Waals surface area contributed by atoms with Crippen molar-refractivity contribution < 1.29 is 14.4 Å². The smallest absolute Gasteiger partial charge is 0.245 e. The first kappa shape index (κ1) is 16.5. The van der Waals surface area contributed by atoms with E-state index in [1.165, 1.54) is 6.08 Å². The zero-order chi connectivity index (χ0) is 16.1. The van der Waals surface area contributed by atoms with Crippen molar-refractivity contribution in [3.05, 3.63) is 12.7 Å². The third-order valence-electron chi connectivity index (χ3n) is 4.41. The van der Waals surface area contributed by atoms with Crippen LogP contribution in [-0.2, 0) is 14.4 Å². The molecule has 2 aliphatic heterocycles. The van der Waals surface area contributed by atoms with Crippen LogP contribution >= 0.6 is 0 Å². The topological polar surface area (TPSA) is 69.7 Å². The minimum absolute atomic E-state index is 0.0323. The van der Waals surface area contributed by atoms with Gasteiger partial charge in [-0.25, -0.2) is 0 Å². The lowest BCUT2D eigenvalue weighted by Gasteiger charge is -2.31. The Kier molecular flexibility index (Phi) is 5.57. The summed E-state index contributed by atoms with van der Waals surface area (Å²) in [5.41, 5.74) is 0. The van der Waals surface area contributed by atoms with Gasteiger partial charge in [0.25, 0.3) is 0 Å². The summed E-state index contributed by atoms with van der Waals surface area (Å²) in [7, 11) is 0. The molecule has 0 spiro atoms. The number of likely N-dealkylation sites (tertiary alicyclic amines) is 2. The molecule has 2 saturated heterocycles. The zero-order valence-corrected chi connectivity index (χ0v) is 13.2. The molecule has 2 heterocycles. The SMILES string of the molecule is C=CC(=O)N1CCC(C(=O)NC(C)CN2CCCC2=O)CC1. The second-order valence-electron chi connectivity index (χ2n) is 6.16. The molecule has 0 aromatic rings. The molecule has 0 aliphatic carbocycles. The van der Waals surface area contributed by atoms with Crippen LogP contribution in [0.25, 0.3) is 0 Å². The van der Waals surface area contributed by atoms with Crippen molar-refractivity contribution in [2.24, 2.45) is 5.92 Å². The first-order valence-electron chi connectivity index (χ1n) is 8.00. The monoisotopic (exact) mass is 307 g/mol. The normalized spacial score (nSPS) is 20.9. The molecule has 0 radical (unpaired) electrons. The second kappa shape index (κ2) is 7.42. The molecule has 1 unspecified atom stereocenters. The lowest BCUT2D eigenvalue weighted by Crippen LogP contribution is -2.47. The molecule has 122 valence electrons. The van der Waals surface area contributed by atoms with Gasteiger partial charge in [0.15, 0.2) is 0 Å². The molecule has 2 aliphatic rings. The van der Waals surface area contributed by atoms with Crippen LogP contribution in [0.2, 0.25) is 0 Å². The number of nitrogens with zero attached hydrogens (tertiary/aromatic N) is 2. The maximum absolute atomic E-state index is 12.3. The Morgan fingerprint density at radius 2 is 2.05 bits per heavy atom. The van der Waals surface area contributed by atoms with Crippen molar-refractivity contribution in [3.8, 4) is 0 Å². The largest absolute Gasteiger partial charge is 0.352 e. The summed E-state index contributed by atoms with van der Waals surface area (Å²) in [6, 6.07) is -0.0395. The van der Waals surface area contributed by atoms with Gasteiger partial charge in [0, 0.05) is 44.6 Å². The van der Waals surface area contributed by atoms with Crippen molar-refractivity contribution in [1.82, 2.24) is 15.1 Å². The van der Waals surface area contributed by atoms with Crippen LogP contribution in [-0.4, -0.2) is 59.7 Å². The van der Waals surface area contributed by atoms with Gasteiger partial charge in [0.05, 0.1) is 0 Å². The van der Waals surface area contributed by atoms with E-state index in [-0.39, 0.29) is 29.7 Å². The van der Waals surface area contributed by atoms with Gasteiger partial charge in [-0.15, -0.1) is 0 Å². The van der Waals surface area contributed by atoms with Gasteiger partial charge in [-0.3, -0.25) is 14.4 Å². The standard InChI is InChI=1S/C16H25N3O3/c1-3-14(20)18-9-6-13(7-10-18)16(22)17-12(2)11-19-8-4-5-15(19)21/h3,12-13H,1,4-11H2,2H3,(H,17,22). The molecular formula is C16H25N3O3. The number of carbonyl (C=O) groups excluding carboxylic acids is 3. The Hall–Kier alpha value is -1.85. The van der Waals surface area contributed by atoms with E-state index in [0.29, 0.717) is 38.9 Å². The fourth-order valence-electron chi connectivity index (χ4n) is 3.13. The predicted molar refractivity (Wildman–Crippen MR) is 82.9 cm³/mol. The molecule has 0 aromatic carbocycles. The van der Waals surface area contributed by atoms with E-state index in [1.807, 2.05) is 11.8 Å². The van der Waals surface area contributed by atoms with Crippen molar-refractivity contribution in [2.75, 3.05) is 26.2 Å². The van der Waals surface area contributed by atoms with Gasteiger partial charge in [0.1, 0.15) is 0 Å². The van der Waals surface area contributed by atoms with Gasteiger partial charge < -0.3 is 15.1 Å². The summed E-state index contributed by atoms with van der Waals surface area (Å²) in [6.07, 6.45) is 4.21. The molecule has 1 atom stereocenters. The van der Waals surface area contributed by atoms with Crippen LogP contribution in [0.1, 0.15) is 32.6 Å². The van der Waals surface area contributed by atoms with Gasteiger partial charge in [-0.2, -0.15) is 0 Å². The van der Waals surface area contributed by atoms with E-state index < -0.39 is 0 Å². The first-order chi connectivity index (χ1) is 10.5. The van der Waals surface area contributed by atoms with Gasteiger partial charge in [0.2, 0.25) is 17.7 Å². The first-order valence-corrected chi connectivity index (χ1v) is 8.00. The highest BCUT2D eigenvalue weighted by molar-refractivity contribution is 5.87. The van der Waals surface area contributed by atoms with E-state index in [1.54, 1.807) is 4.90 Å². The zero-order valence-electron chi connectivity index (χ0n) is 13.2. The molecule has 0 saturated carbocycles. The third kappa shape index (κ3) is 4.08. The minimum atomic E-state index is -0.0697. The summed E-state index contributed by atoms with van der Waals surface area (Å²) in [4.78, 5) is 38.9. The van der Waals surface area contributed by atoms with Gasteiger partial charge in [-0.05, 0) is 32.3 Å². The Bertz CT molecular complexity index is 456. The average molecular weight is 307 g/mol. The molecule has 1 N–H and O–H groups in total. The van der Waals surface area contributed by atoms with E-state index in [2.05, 4.69) is 11.9 Å². The van der Waals surface area contributed by atoms with E-state index in [4.69, 9.17) is 0 Å². The van der Waals surface area contributed by atoms with E-state index in [0.717, 1.165) is 13.0 Å². The Morgan fingerprint density at radius 1 is 1.36 bits per heavy atom. The fourth-order valence-corrected chi connectivity index (χ4v) is 3.13. The summed E-state index contributed by atoms with van der Waals surface area (Å²) in [6.45, 7) is 7.98. The second-order valence-corrected chi connectivity index (χ2v) is 6.16. The molecule has 2 rings (SSSR count). The highest BCUT2D eigenvalue weighted by Crippen LogP contribution is 2.18. The minimum Gasteiger partial charge on any atom is -0.352 e. The van der Waals surface area contributed by atoms with Crippen molar-refractivity contribution in [1.29, 1.82) is 0 Å². The number of hydrogen-bond donors (Lipinski definition) is 1. The third-order valence-corrected chi connectivity index (χ3v) is 4.41. The molecule has 6 nitrogen and oxygen atoms in total. The number of rotatable bonds is 5. The molecule has 3 amide bonds. The molecule has 0 aromatic heterocycles. The molecule has 2 fully saturated rings. The number of piperidine rings is 1. The van der Waals surface area contributed by atoms with Crippen LogP contribution < -0.4 is 5.32 Å². The van der Waals surface area contributed by atoms with Crippen LogP contribution in [0.3, 0.4) is 0 Å². The Labute approximate surface area is 131 Å². The van der Waals surface area contributed by atoms with Crippen molar-refractivity contribution >= 4 is 17.7 Å². The summed E-state index contributed by atoms with van der Waals surface area (Å²) < 4.78 is 0. The quantitative estimate of drug-likeness (QED) is 0.754. The number of carbonyl (C=O) groups is 3. The molecule has 6 heteroatoms. The Balaban J connectivity index is 1.74. The van der Waals surface area contributed by atoms with Crippen molar-refractivity contribution in [2.45, 2.75) is 38.6 Å². The summed E-state index contributed by atoms with van der Waals surface area (Å²) in [5, 5.41) is 3.00. The van der Waals surface area contributed by atoms with Gasteiger partial charge in [-0.1, -0.05) is 6.58 Å². The highest BCUT2D eigenvalue weighted by Gasteiger charge is 2.28. The molecular weight excluding hydrogens is 282 g/mol. The van der Waals surface area contributed by atoms with Gasteiger partial charge >= 0.3 is 0 Å². The highest BCUT2D eigenvalue weighted by atomic mass is 16.2. The van der Waals surface area contributed by atoms with Crippen molar-refractivity contribution in [3.63, 3.8) is 0 Å². The van der Waals surface area contributed by atoms with E-state index >= 15 is 0 Å². The van der Waals surface area contributed by atoms with E-state index in [9.17, 15) is 14.4 Å².